The summed E-state index contributed by atoms with van der Waals surface area (Å²) in [6.45, 7) is 4.77. The Morgan fingerprint density at radius 3 is 2.91 bits per heavy atom. The van der Waals surface area contributed by atoms with Crippen LogP contribution >= 0.6 is 23.1 Å². The summed E-state index contributed by atoms with van der Waals surface area (Å²) >= 11 is 3.08. The number of fused-ring (bicyclic) bond motifs is 3. The number of thiophene rings is 1. The summed E-state index contributed by atoms with van der Waals surface area (Å²) < 4.78 is 1.65. The van der Waals surface area contributed by atoms with Crippen molar-refractivity contribution in [2.24, 2.45) is 5.92 Å². The molecule has 5 rings (SSSR count). The number of H-pyrrole nitrogens is 2. The fourth-order valence-electron chi connectivity index (χ4n) is 4.25. The fourth-order valence-corrected chi connectivity index (χ4v) is 6.58. The van der Waals surface area contributed by atoms with Crippen molar-refractivity contribution in [1.29, 1.82) is 0 Å². The first-order valence-electron chi connectivity index (χ1n) is 10.9. The van der Waals surface area contributed by atoms with Gasteiger partial charge >= 0.3 is 5.69 Å². The molecule has 1 aromatic carbocycles. The Hall–Kier alpha value is -2.65. The van der Waals surface area contributed by atoms with E-state index in [1.807, 2.05) is 37.3 Å². The normalized spacial score (nSPS) is 16.9. The number of aromatic amines is 2. The van der Waals surface area contributed by atoms with Gasteiger partial charge in [0.05, 0.1) is 10.6 Å². The SMILES string of the molecule is CC1CCc2c(sc3nc(C(C)Sc4n[nH]c(=O)n4CCc4ccccc4)[nH]c(=O)c23)C1. The van der Waals surface area contributed by atoms with Gasteiger partial charge in [0.25, 0.3) is 5.56 Å². The van der Waals surface area contributed by atoms with Gasteiger partial charge in [-0.1, -0.05) is 49.0 Å². The van der Waals surface area contributed by atoms with Crippen LogP contribution in [0, 0.1) is 5.92 Å². The number of hydrogen-bond donors (Lipinski definition) is 2. The van der Waals surface area contributed by atoms with Crippen molar-refractivity contribution in [3.63, 3.8) is 0 Å². The van der Waals surface area contributed by atoms with E-state index in [2.05, 4.69) is 22.1 Å². The van der Waals surface area contributed by atoms with Crippen LogP contribution in [0.4, 0.5) is 0 Å². The second-order valence-corrected chi connectivity index (χ2v) is 10.8. The highest BCUT2D eigenvalue weighted by Gasteiger charge is 2.24. The highest BCUT2D eigenvalue weighted by atomic mass is 32.2. The molecule has 0 bridgehead atoms. The summed E-state index contributed by atoms with van der Waals surface area (Å²) in [5.74, 6) is 1.26. The monoisotopic (exact) mass is 467 g/mol. The smallest absolute Gasteiger partial charge is 0.309 e. The lowest BCUT2D eigenvalue weighted by Crippen LogP contribution is -2.19. The predicted octanol–water partition coefficient (Wildman–Crippen LogP) is 4.09. The Bertz CT molecular complexity index is 1370. The Morgan fingerprint density at radius 1 is 1.28 bits per heavy atom. The van der Waals surface area contributed by atoms with E-state index in [0.717, 1.165) is 41.5 Å². The summed E-state index contributed by atoms with van der Waals surface area (Å²) in [6, 6.07) is 10.1. The molecule has 0 spiro atoms. The Labute approximate surface area is 193 Å². The lowest BCUT2D eigenvalue weighted by Gasteiger charge is -2.17. The first-order chi connectivity index (χ1) is 15.5. The van der Waals surface area contributed by atoms with Crippen LogP contribution in [0.25, 0.3) is 10.2 Å². The van der Waals surface area contributed by atoms with Gasteiger partial charge in [0, 0.05) is 11.4 Å². The average Bonchev–Trinajstić information content (AvgIpc) is 3.32. The van der Waals surface area contributed by atoms with Crippen LogP contribution in [0.1, 0.15) is 47.3 Å². The van der Waals surface area contributed by atoms with Crippen molar-refractivity contribution < 1.29 is 0 Å². The van der Waals surface area contributed by atoms with Crippen molar-refractivity contribution in [1.82, 2.24) is 24.7 Å². The highest BCUT2D eigenvalue weighted by molar-refractivity contribution is 7.99. The van der Waals surface area contributed by atoms with Gasteiger partial charge < -0.3 is 4.98 Å². The van der Waals surface area contributed by atoms with Crippen LogP contribution in [0.5, 0.6) is 0 Å². The lowest BCUT2D eigenvalue weighted by atomic mass is 9.89. The van der Waals surface area contributed by atoms with E-state index in [-0.39, 0.29) is 16.5 Å². The second kappa shape index (κ2) is 8.71. The van der Waals surface area contributed by atoms with Gasteiger partial charge in [0.1, 0.15) is 10.7 Å². The van der Waals surface area contributed by atoms with E-state index in [9.17, 15) is 9.59 Å². The summed E-state index contributed by atoms with van der Waals surface area (Å²) in [4.78, 5) is 35.2. The molecular formula is C23H25N5O2S2. The fraction of sp³-hybridized carbons (Fsp3) is 0.391. The zero-order chi connectivity index (χ0) is 22.2. The van der Waals surface area contributed by atoms with Crippen molar-refractivity contribution >= 4 is 33.3 Å². The Morgan fingerprint density at radius 2 is 2.09 bits per heavy atom. The zero-order valence-corrected chi connectivity index (χ0v) is 19.7. The number of benzene rings is 1. The van der Waals surface area contributed by atoms with E-state index < -0.39 is 0 Å². The van der Waals surface area contributed by atoms with Crippen molar-refractivity contribution in [3.8, 4) is 0 Å². The van der Waals surface area contributed by atoms with E-state index in [0.29, 0.717) is 23.4 Å². The van der Waals surface area contributed by atoms with Crippen molar-refractivity contribution in [2.75, 3.05) is 0 Å². The molecule has 9 heteroatoms. The third-order valence-corrected chi connectivity index (χ3v) is 8.29. The summed E-state index contributed by atoms with van der Waals surface area (Å²) in [5.41, 5.74) is 2.06. The van der Waals surface area contributed by atoms with Gasteiger partial charge in [-0.3, -0.25) is 9.36 Å². The van der Waals surface area contributed by atoms with Crippen LogP contribution in [-0.4, -0.2) is 24.7 Å². The molecule has 2 unspecified atom stereocenters. The molecule has 3 aromatic heterocycles. The van der Waals surface area contributed by atoms with E-state index in [1.54, 1.807) is 15.9 Å². The predicted molar refractivity (Wildman–Crippen MR) is 129 cm³/mol. The molecule has 0 fully saturated rings. The molecule has 166 valence electrons. The molecular weight excluding hydrogens is 442 g/mol. The van der Waals surface area contributed by atoms with Gasteiger partial charge in [0.2, 0.25) is 0 Å². The van der Waals surface area contributed by atoms with Crippen LogP contribution in [0.3, 0.4) is 0 Å². The second-order valence-electron chi connectivity index (χ2n) is 8.44. The molecule has 3 heterocycles. The number of aromatic nitrogens is 5. The minimum Gasteiger partial charge on any atom is -0.309 e. The molecule has 2 N–H and O–H groups in total. The van der Waals surface area contributed by atoms with Gasteiger partial charge in [-0.15, -0.1) is 16.4 Å². The third-order valence-electron chi connectivity index (χ3n) is 6.04. The van der Waals surface area contributed by atoms with Crippen molar-refractivity contribution in [2.45, 2.75) is 56.5 Å². The summed E-state index contributed by atoms with van der Waals surface area (Å²) in [7, 11) is 0. The van der Waals surface area contributed by atoms with Gasteiger partial charge in [-0.2, -0.15) is 0 Å². The van der Waals surface area contributed by atoms with Crippen LogP contribution in [0.15, 0.2) is 45.1 Å². The zero-order valence-electron chi connectivity index (χ0n) is 18.1. The Kier molecular flexibility index (Phi) is 5.77. The van der Waals surface area contributed by atoms with Gasteiger partial charge in [-0.05, 0) is 49.7 Å². The molecule has 2 atom stereocenters. The average molecular weight is 468 g/mol. The van der Waals surface area contributed by atoms with Crippen LogP contribution in [0.2, 0.25) is 0 Å². The number of aryl methyl sites for hydroxylation is 2. The van der Waals surface area contributed by atoms with E-state index in [1.165, 1.54) is 22.2 Å². The van der Waals surface area contributed by atoms with Gasteiger partial charge in [0.15, 0.2) is 5.16 Å². The lowest BCUT2D eigenvalue weighted by molar-refractivity contribution is 0.509. The maximum Gasteiger partial charge on any atom is 0.343 e. The van der Waals surface area contributed by atoms with E-state index >= 15 is 0 Å². The minimum atomic E-state index is -0.229. The minimum absolute atomic E-state index is 0.0620. The summed E-state index contributed by atoms with van der Waals surface area (Å²) in [5, 5.41) is 7.97. The number of nitrogens with one attached hydrogen (secondary N) is 2. The molecule has 7 nitrogen and oxygen atoms in total. The van der Waals surface area contributed by atoms with Crippen molar-refractivity contribution in [3.05, 3.63) is 73.0 Å². The maximum absolute atomic E-state index is 12.9. The molecule has 0 saturated carbocycles. The molecule has 32 heavy (non-hydrogen) atoms. The summed E-state index contributed by atoms with van der Waals surface area (Å²) in [6.07, 6.45) is 3.83. The molecule has 1 aliphatic carbocycles. The molecule has 0 amide bonds. The number of nitrogens with zero attached hydrogens (tertiary/aromatic N) is 3. The third kappa shape index (κ3) is 4.06. The molecule has 0 radical (unpaired) electrons. The van der Waals surface area contributed by atoms with Crippen LogP contribution < -0.4 is 11.2 Å². The number of rotatable bonds is 6. The molecule has 4 aromatic rings. The largest absolute Gasteiger partial charge is 0.343 e. The number of hydrogen-bond acceptors (Lipinski definition) is 6. The molecule has 0 aliphatic heterocycles. The standard InChI is InChI=1S/C23H25N5O2S2/c1-13-8-9-16-17(12-13)32-21-18(16)20(29)24-19(25-21)14(2)31-23-27-26-22(30)28(23)11-10-15-6-4-3-5-7-15/h3-7,13-14H,8-12H2,1-2H3,(H,26,30)(H,24,25,29). The molecule has 0 saturated heterocycles. The number of thioether (sulfide) groups is 1. The van der Waals surface area contributed by atoms with Crippen LogP contribution in [-0.2, 0) is 25.8 Å². The Balaban J connectivity index is 1.39. The maximum atomic E-state index is 12.9. The first kappa shape index (κ1) is 21.2. The first-order valence-corrected chi connectivity index (χ1v) is 12.6. The van der Waals surface area contributed by atoms with Gasteiger partial charge in [-0.25, -0.2) is 14.9 Å². The van der Waals surface area contributed by atoms with E-state index in [4.69, 9.17) is 4.98 Å². The quantitative estimate of drug-likeness (QED) is 0.416. The molecule has 1 aliphatic rings. The highest BCUT2D eigenvalue weighted by Crippen LogP contribution is 2.37. The topological polar surface area (TPSA) is 96.4 Å².